The summed E-state index contributed by atoms with van der Waals surface area (Å²) < 4.78 is 0. The Morgan fingerprint density at radius 2 is 1.82 bits per heavy atom. The average Bonchev–Trinajstić information content (AvgIpc) is 2.75. The van der Waals surface area contributed by atoms with Crippen molar-refractivity contribution >= 4 is 5.97 Å². The van der Waals surface area contributed by atoms with Gasteiger partial charge in [-0.2, -0.15) is 0 Å². The number of rotatable bonds is 4. The normalized spacial score (nSPS) is 26.2. The van der Waals surface area contributed by atoms with Gasteiger partial charge in [0, 0.05) is 12.5 Å². The lowest BCUT2D eigenvalue weighted by Crippen LogP contribution is -2.43. The number of carbonyl (C=O) groups is 1. The number of hydrogen-bond donors (Lipinski definition) is 1. The van der Waals surface area contributed by atoms with E-state index >= 15 is 0 Å². The smallest absolute Gasteiger partial charge is 0.303 e. The molecule has 0 amide bonds. The molecule has 1 saturated heterocycles. The van der Waals surface area contributed by atoms with E-state index in [0.717, 1.165) is 6.42 Å². The SMILES string of the molecule is CC(CCC(=O)O)N1CCC2(CCCC2)CC1. The van der Waals surface area contributed by atoms with Crippen molar-refractivity contribution < 1.29 is 9.90 Å². The van der Waals surface area contributed by atoms with Crippen LogP contribution in [0.4, 0.5) is 0 Å². The summed E-state index contributed by atoms with van der Waals surface area (Å²) in [5, 5.41) is 8.71. The van der Waals surface area contributed by atoms with Gasteiger partial charge in [-0.05, 0) is 57.5 Å². The van der Waals surface area contributed by atoms with Gasteiger partial charge >= 0.3 is 5.97 Å². The van der Waals surface area contributed by atoms with Gasteiger partial charge in [-0.1, -0.05) is 12.8 Å². The zero-order valence-corrected chi connectivity index (χ0v) is 11.0. The van der Waals surface area contributed by atoms with Gasteiger partial charge in [0.05, 0.1) is 0 Å². The highest BCUT2D eigenvalue weighted by Gasteiger charge is 2.37. The van der Waals surface area contributed by atoms with Crippen LogP contribution in [0.15, 0.2) is 0 Å². The number of hydrogen-bond acceptors (Lipinski definition) is 2. The van der Waals surface area contributed by atoms with Crippen LogP contribution in [0.3, 0.4) is 0 Å². The molecule has 17 heavy (non-hydrogen) atoms. The fourth-order valence-corrected chi connectivity index (χ4v) is 3.58. The van der Waals surface area contributed by atoms with Crippen molar-refractivity contribution in [1.29, 1.82) is 0 Å². The lowest BCUT2D eigenvalue weighted by Gasteiger charge is -2.42. The second-order valence-corrected chi connectivity index (χ2v) is 6.02. The van der Waals surface area contributed by atoms with Crippen LogP contribution in [-0.4, -0.2) is 35.1 Å². The molecule has 0 aromatic heterocycles. The van der Waals surface area contributed by atoms with E-state index in [2.05, 4.69) is 11.8 Å². The minimum Gasteiger partial charge on any atom is -0.481 e. The predicted molar refractivity (Wildman–Crippen MR) is 68.0 cm³/mol. The quantitative estimate of drug-likeness (QED) is 0.820. The zero-order chi connectivity index (χ0) is 12.3. The molecule has 3 heteroatoms. The third-order valence-corrected chi connectivity index (χ3v) is 4.92. The van der Waals surface area contributed by atoms with Crippen LogP contribution < -0.4 is 0 Å². The molecule has 98 valence electrons. The molecule has 1 aliphatic heterocycles. The minimum atomic E-state index is -0.666. The Kier molecular flexibility index (Phi) is 4.08. The Labute approximate surface area is 104 Å². The Balaban J connectivity index is 1.76. The highest BCUT2D eigenvalue weighted by atomic mass is 16.4. The van der Waals surface area contributed by atoms with Gasteiger partial charge in [0.15, 0.2) is 0 Å². The summed E-state index contributed by atoms with van der Waals surface area (Å²) in [7, 11) is 0. The molecule has 1 atom stereocenters. The van der Waals surface area contributed by atoms with Gasteiger partial charge in [-0.15, -0.1) is 0 Å². The molecule has 0 bridgehead atoms. The molecule has 3 nitrogen and oxygen atoms in total. The molecule has 1 aliphatic carbocycles. The molecule has 0 radical (unpaired) electrons. The predicted octanol–water partition coefficient (Wildman–Crippen LogP) is 2.90. The number of piperidine rings is 1. The van der Waals surface area contributed by atoms with E-state index in [0.29, 0.717) is 17.9 Å². The summed E-state index contributed by atoms with van der Waals surface area (Å²) >= 11 is 0. The maximum Gasteiger partial charge on any atom is 0.303 e. The Bertz CT molecular complexity index is 261. The molecular weight excluding hydrogens is 214 g/mol. The van der Waals surface area contributed by atoms with Crippen LogP contribution in [0, 0.1) is 5.41 Å². The lowest BCUT2D eigenvalue weighted by atomic mass is 9.77. The van der Waals surface area contributed by atoms with Crippen LogP contribution in [0.5, 0.6) is 0 Å². The third kappa shape index (κ3) is 3.21. The summed E-state index contributed by atoms with van der Waals surface area (Å²) in [4.78, 5) is 13.1. The molecule has 2 fully saturated rings. The largest absolute Gasteiger partial charge is 0.481 e. The maximum absolute atomic E-state index is 10.6. The summed E-state index contributed by atoms with van der Waals surface area (Å²) in [6.07, 6.45) is 9.50. The maximum atomic E-state index is 10.6. The molecular formula is C14H25NO2. The standard InChI is InChI=1S/C14H25NO2/c1-12(4-5-13(16)17)15-10-8-14(9-11-15)6-2-3-7-14/h12H,2-11H2,1H3,(H,16,17). The van der Waals surface area contributed by atoms with E-state index in [1.165, 1.54) is 51.6 Å². The van der Waals surface area contributed by atoms with E-state index in [4.69, 9.17) is 5.11 Å². The zero-order valence-electron chi connectivity index (χ0n) is 11.0. The summed E-state index contributed by atoms with van der Waals surface area (Å²) in [6, 6.07) is 0.435. The Morgan fingerprint density at radius 3 is 2.35 bits per heavy atom. The molecule has 1 N–H and O–H groups in total. The van der Waals surface area contributed by atoms with Crippen LogP contribution in [-0.2, 0) is 4.79 Å². The van der Waals surface area contributed by atoms with Gasteiger partial charge in [-0.3, -0.25) is 4.79 Å². The van der Waals surface area contributed by atoms with Crippen LogP contribution in [0.2, 0.25) is 0 Å². The van der Waals surface area contributed by atoms with Gasteiger partial charge in [0.1, 0.15) is 0 Å². The Hall–Kier alpha value is -0.570. The molecule has 0 aromatic carbocycles. The first-order chi connectivity index (χ1) is 8.11. The number of aliphatic carboxylic acids is 1. The summed E-state index contributed by atoms with van der Waals surface area (Å²) in [5.74, 6) is -0.666. The molecule has 1 saturated carbocycles. The highest BCUT2D eigenvalue weighted by molar-refractivity contribution is 5.66. The topological polar surface area (TPSA) is 40.5 Å². The fourth-order valence-electron chi connectivity index (χ4n) is 3.58. The molecule has 2 rings (SSSR count). The van der Waals surface area contributed by atoms with Crippen LogP contribution in [0.1, 0.15) is 58.3 Å². The monoisotopic (exact) mass is 239 g/mol. The molecule has 1 spiro atoms. The van der Waals surface area contributed by atoms with Gasteiger partial charge in [0.25, 0.3) is 0 Å². The average molecular weight is 239 g/mol. The number of carboxylic acid groups (broad SMARTS) is 1. The van der Waals surface area contributed by atoms with Gasteiger partial charge in [-0.25, -0.2) is 0 Å². The number of carboxylic acids is 1. The molecule has 0 aromatic rings. The van der Waals surface area contributed by atoms with Crippen molar-refractivity contribution in [2.75, 3.05) is 13.1 Å². The second-order valence-electron chi connectivity index (χ2n) is 6.02. The first kappa shape index (κ1) is 12.9. The number of likely N-dealkylation sites (tertiary alicyclic amines) is 1. The molecule has 1 heterocycles. The minimum absolute atomic E-state index is 0.308. The summed E-state index contributed by atoms with van der Waals surface area (Å²) in [5.41, 5.74) is 0.670. The van der Waals surface area contributed by atoms with Crippen molar-refractivity contribution in [1.82, 2.24) is 4.90 Å². The van der Waals surface area contributed by atoms with Crippen molar-refractivity contribution in [3.05, 3.63) is 0 Å². The van der Waals surface area contributed by atoms with E-state index in [1.54, 1.807) is 0 Å². The van der Waals surface area contributed by atoms with Crippen LogP contribution in [0.25, 0.3) is 0 Å². The fraction of sp³-hybridized carbons (Fsp3) is 0.929. The van der Waals surface area contributed by atoms with Crippen molar-refractivity contribution in [3.63, 3.8) is 0 Å². The van der Waals surface area contributed by atoms with E-state index in [9.17, 15) is 4.79 Å². The van der Waals surface area contributed by atoms with Crippen LogP contribution >= 0.6 is 0 Å². The lowest BCUT2D eigenvalue weighted by molar-refractivity contribution is -0.137. The van der Waals surface area contributed by atoms with E-state index in [1.807, 2.05) is 0 Å². The Morgan fingerprint density at radius 1 is 1.24 bits per heavy atom. The second kappa shape index (κ2) is 5.38. The first-order valence-corrected chi connectivity index (χ1v) is 7.07. The van der Waals surface area contributed by atoms with Gasteiger partial charge < -0.3 is 10.0 Å². The van der Waals surface area contributed by atoms with E-state index < -0.39 is 5.97 Å². The van der Waals surface area contributed by atoms with E-state index in [-0.39, 0.29) is 0 Å². The van der Waals surface area contributed by atoms with Gasteiger partial charge in [0.2, 0.25) is 0 Å². The number of nitrogens with zero attached hydrogens (tertiary/aromatic N) is 1. The highest BCUT2D eigenvalue weighted by Crippen LogP contribution is 2.46. The third-order valence-electron chi connectivity index (χ3n) is 4.92. The molecule has 2 aliphatic rings. The van der Waals surface area contributed by atoms with Crippen molar-refractivity contribution in [2.45, 2.75) is 64.3 Å². The summed E-state index contributed by atoms with van der Waals surface area (Å²) in [6.45, 7) is 4.54. The van der Waals surface area contributed by atoms with Crippen molar-refractivity contribution in [2.24, 2.45) is 5.41 Å². The van der Waals surface area contributed by atoms with Crippen molar-refractivity contribution in [3.8, 4) is 0 Å². The molecule has 1 unspecified atom stereocenters. The first-order valence-electron chi connectivity index (χ1n) is 7.07.